The van der Waals surface area contributed by atoms with Gasteiger partial charge in [-0.2, -0.15) is 0 Å². The van der Waals surface area contributed by atoms with Crippen LogP contribution >= 0.6 is 0 Å². The molecule has 27 heavy (non-hydrogen) atoms. The number of ether oxygens (including phenoxy) is 1. The lowest BCUT2D eigenvalue weighted by atomic mass is 9.92. The number of H-pyrrole nitrogens is 1. The maximum absolute atomic E-state index is 12.5. The minimum atomic E-state index is -0.810. The van der Waals surface area contributed by atoms with Crippen LogP contribution in [0.15, 0.2) is 18.2 Å². The van der Waals surface area contributed by atoms with Crippen molar-refractivity contribution in [3.63, 3.8) is 0 Å². The van der Waals surface area contributed by atoms with E-state index < -0.39 is 5.97 Å². The molecule has 1 amide bonds. The number of carboxylic acid groups (broad SMARTS) is 1. The number of carbonyl (C=O) groups excluding carboxylic acids is 1. The first-order valence-corrected chi connectivity index (χ1v) is 9.22. The second kappa shape index (κ2) is 6.95. The number of anilines is 1. The van der Waals surface area contributed by atoms with Crippen LogP contribution in [-0.2, 0) is 28.9 Å². The van der Waals surface area contributed by atoms with E-state index in [1.54, 1.807) is 13.2 Å². The average molecular weight is 366 g/mol. The summed E-state index contributed by atoms with van der Waals surface area (Å²) in [7, 11) is 1.59. The van der Waals surface area contributed by atoms with Crippen molar-refractivity contribution in [3.05, 3.63) is 46.3 Å². The number of carboxylic acids is 1. The van der Waals surface area contributed by atoms with Crippen molar-refractivity contribution in [2.45, 2.75) is 38.5 Å². The van der Waals surface area contributed by atoms with E-state index in [4.69, 9.17) is 9.84 Å². The van der Waals surface area contributed by atoms with Gasteiger partial charge in [-0.1, -0.05) is 0 Å². The van der Waals surface area contributed by atoms with E-state index in [-0.39, 0.29) is 12.3 Å². The summed E-state index contributed by atoms with van der Waals surface area (Å²) in [4.78, 5) is 27.1. The summed E-state index contributed by atoms with van der Waals surface area (Å²) >= 11 is 0. The molecule has 0 atom stereocenters. The lowest BCUT2D eigenvalue weighted by Crippen LogP contribution is -2.05. The van der Waals surface area contributed by atoms with Gasteiger partial charge in [-0.15, -0.1) is 0 Å². The van der Waals surface area contributed by atoms with E-state index in [1.165, 1.54) is 11.3 Å². The maximum atomic E-state index is 12.5. The first-order chi connectivity index (χ1) is 13.1. The fraction of sp³-hybridized carbons (Fsp3) is 0.333. The molecule has 2 aliphatic rings. The Morgan fingerprint density at radius 3 is 2.89 bits per heavy atom. The van der Waals surface area contributed by atoms with Crippen LogP contribution in [0.2, 0.25) is 0 Å². The van der Waals surface area contributed by atoms with Crippen LogP contribution in [0.4, 0.5) is 5.69 Å². The van der Waals surface area contributed by atoms with Gasteiger partial charge < -0.3 is 20.1 Å². The van der Waals surface area contributed by atoms with Crippen molar-refractivity contribution in [1.29, 1.82) is 0 Å². The SMILES string of the molecule is COc1ccc2c(c1)NC(=O)C2=Cc1[nH]c2c(c1CCC(=O)O)CCCC2. The number of aliphatic carboxylic acids is 1. The number of hydrogen-bond acceptors (Lipinski definition) is 3. The molecule has 0 saturated carbocycles. The third-order valence-corrected chi connectivity index (χ3v) is 5.33. The van der Waals surface area contributed by atoms with Gasteiger partial charge in [0, 0.05) is 29.4 Å². The quantitative estimate of drug-likeness (QED) is 0.707. The van der Waals surface area contributed by atoms with Crippen LogP contribution in [0, 0.1) is 0 Å². The third kappa shape index (κ3) is 3.23. The number of methoxy groups -OCH3 is 1. The molecular weight excluding hydrogens is 344 g/mol. The molecule has 1 aliphatic heterocycles. The molecule has 1 aromatic carbocycles. The summed E-state index contributed by atoms with van der Waals surface area (Å²) in [6.45, 7) is 0. The number of aromatic nitrogens is 1. The van der Waals surface area contributed by atoms with Gasteiger partial charge in [0.15, 0.2) is 0 Å². The number of benzene rings is 1. The number of carbonyl (C=O) groups is 2. The normalized spacial score (nSPS) is 16.8. The molecule has 6 nitrogen and oxygen atoms in total. The van der Waals surface area contributed by atoms with Crippen LogP contribution in [0.5, 0.6) is 5.75 Å². The fourth-order valence-corrected chi connectivity index (χ4v) is 4.01. The Labute approximate surface area is 157 Å². The summed E-state index contributed by atoms with van der Waals surface area (Å²) in [5.74, 6) is -0.279. The number of amides is 1. The van der Waals surface area contributed by atoms with Gasteiger partial charge in [-0.3, -0.25) is 9.59 Å². The summed E-state index contributed by atoms with van der Waals surface area (Å²) in [5.41, 5.74) is 6.46. The van der Waals surface area contributed by atoms with E-state index in [0.717, 1.165) is 48.2 Å². The second-order valence-corrected chi connectivity index (χ2v) is 7.00. The highest BCUT2D eigenvalue weighted by molar-refractivity contribution is 6.35. The lowest BCUT2D eigenvalue weighted by Gasteiger charge is -2.12. The van der Waals surface area contributed by atoms with E-state index in [0.29, 0.717) is 17.7 Å². The molecular formula is C21H22N2O4. The molecule has 0 fully saturated rings. The molecule has 2 aromatic rings. The Morgan fingerprint density at radius 2 is 2.11 bits per heavy atom. The van der Waals surface area contributed by atoms with E-state index in [1.807, 2.05) is 18.2 Å². The first-order valence-electron chi connectivity index (χ1n) is 9.22. The van der Waals surface area contributed by atoms with Crippen LogP contribution in [0.1, 0.15) is 47.3 Å². The summed E-state index contributed by atoms with van der Waals surface area (Å²) in [6.07, 6.45) is 6.60. The minimum absolute atomic E-state index is 0.0838. The Balaban J connectivity index is 1.77. The van der Waals surface area contributed by atoms with E-state index in [9.17, 15) is 9.59 Å². The number of aryl methyl sites for hydroxylation is 1. The molecule has 3 N–H and O–H groups in total. The molecule has 1 aliphatic carbocycles. The zero-order chi connectivity index (χ0) is 19.0. The fourth-order valence-electron chi connectivity index (χ4n) is 4.01. The number of aromatic amines is 1. The molecule has 0 radical (unpaired) electrons. The molecule has 4 rings (SSSR count). The van der Waals surface area contributed by atoms with Gasteiger partial charge in [-0.05, 0) is 61.4 Å². The van der Waals surface area contributed by atoms with Gasteiger partial charge in [0.1, 0.15) is 5.75 Å². The smallest absolute Gasteiger partial charge is 0.303 e. The number of hydrogen-bond donors (Lipinski definition) is 3. The van der Waals surface area contributed by atoms with Crippen molar-refractivity contribution >= 4 is 29.2 Å². The Kier molecular flexibility index (Phi) is 4.48. The standard InChI is InChI=1S/C21H22N2O4/c1-27-12-6-7-15-16(21(26)23-18(15)10-12)11-19-14(8-9-20(24)25)13-4-2-3-5-17(13)22-19/h6-7,10-11,22H,2-5,8-9H2,1H3,(H,23,26)(H,24,25). The number of rotatable bonds is 5. The van der Waals surface area contributed by atoms with Crippen LogP contribution < -0.4 is 10.1 Å². The highest BCUT2D eigenvalue weighted by Crippen LogP contribution is 2.37. The zero-order valence-corrected chi connectivity index (χ0v) is 15.2. The zero-order valence-electron chi connectivity index (χ0n) is 15.2. The molecule has 0 bridgehead atoms. The van der Waals surface area contributed by atoms with Crippen LogP contribution in [-0.4, -0.2) is 29.1 Å². The van der Waals surface area contributed by atoms with Gasteiger partial charge in [-0.25, -0.2) is 0 Å². The monoisotopic (exact) mass is 366 g/mol. The molecule has 0 saturated heterocycles. The Bertz CT molecular complexity index is 955. The van der Waals surface area contributed by atoms with Gasteiger partial charge >= 0.3 is 5.97 Å². The molecule has 6 heteroatoms. The predicted molar refractivity (Wildman–Crippen MR) is 103 cm³/mol. The highest BCUT2D eigenvalue weighted by Gasteiger charge is 2.26. The van der Waals surface area contributed by atoms with Gasteiger partial charge in [0.2, 0.25) is 0 Å². The van der Waals surface area contributed by atoms with E-state index in [2.05, 4.69) is 10.3 Å². The van der Waals surface area contributed by atoms with Crippen molar-refractivity contribution in [2.75, 3.05) is 12.4 Å². The summed E-state index contributed by atoms with van der Waals surface area (Å²) in [5, 5.41) is 12.0. The van der Waals surface area contributed by atoms with E-state index >= 15 is 0 Å². The topological polar surface area (TPSA) is 91.4 Å². The summed E-state index contributed by atoms with van der Waals surface area (Å²) < 4.78 is 5.22. The second-order valence-electron chi connectivity index (χ2n) is 7.00. The van der Waals surface area contributed by atoms with Crippen molar-refractivity contribution < 1.29 is 19.4 Å². The van der Waals surface area contributed by atoms with Crippen LogP contribution in [0.25, 0.3) is 11.6 Å². The lowest BCUT2D eigenvalue weighted by molar-refractivity contribution is -0.137. The summed E-state index contributed by atoms with van der Waals surface area (Å²) in [6, 6.07) is 5.51. The average Bonchev–Trinajstić information content (AvgIpc) is 3.16. The molecule has 1 aromatic heterocycles. The van der Waals surface area contributed by atoms with Crippen molar-refractivity contribution in [3.8, 4) is 5.75 Å². The van der Waals surface area contributed by atoms with Crippen LogP contribution in [0.3, 0.4) is 0 Å². The Morgan fingerprint density at radius 1 is 1.30 bits per heavy atom. The molecule has 140 valence electrons. The maximum Gasteiger partial charge on any atom is 0.303 e. The third-order valence-electron chi connectivity index (χ3n) is 5.33. The molecule has 2 heterocycles. The molecule has 0 spiro atoms. The largest absolute Gasteiger partial charge is 0.497 e. The van der Waals surface area contributed by atoms with Crippen molar-refractivity contribution in [1.82, 2.24) is 4.98 Å². The Hall–Kier alpha value is -3.02. The first kappa shape index (κ1) is 17.4. The number of fused-ring (bicyclic) bond motifs is 2. The number of nitrogens with one attached hydrogen (secondary N) is 2. The van der Waals surface area contributed by atoms with Gasteiger partial charge in [0.25, 0.3) is 5.91 Å². The minimum Gasteiger partial charge on any atom is -0.497 e. The van der Waals surface area contributed by atoms with Crippen molar-refractivity contribution in [2.24, 2.45) is 0 Å². The highest BCUT2D eigenvalue weighted by atomic mass is 16.5. The molecule has 0 unspecified atom stereocenters. The van der Waals surface area contributed by atoms with Gasteiger partial charge in [0.05, 0.1) is 18.4 Å². The predicted octanol–water partition coefficient (Wildman–Crippen LogP) is 3.41.